The molecular weight excluding hydrogens is 344 g/mol. The first-order valence-corrected chi connectivity index (χ1v) is 13.0. The lowest BCUT2D eigenvalue weighted by molar-refractivity contribution is -0.224. The zero-order chi connectivity index (χ0) is 18.3. The second kappa shape index (κ2) is 6.22. The molecule has 156 valence electrons. The Morgan fingerprint density at radius 2 is 0.750 bits per heavy atom. The minimum atomic E-state index is 0.280. The molecule has 0 radical (unpaired) electrons. The third kappa shape index (κ3) is 2.95. The number of ether oxygens (including phenoxy) is 2. The average molecular weight is 385 g/mol. The van der Waals surface area contributed by atoms with Gasteiger partial charge in [0.05, 0.1) is 23.4 Å². The van der Waals surface area contributed by atoms with Gasteiger partial charge in [0.1, 0.15) is 0 Å². The summed E-state index contributed by atoms with van der Waals surface area (Å²) >= 11 is 0. The second-order valence-electron chi connectivity index (χ2n) is 12.8. The summed E-state index contributed by atoms with van der Waals surface area (Å²) in [5.41, 5.74) is 0.560. The van der Waals surface area contributed by atoms with Crippen LogP contribution in [0.4, 0.5) is 0 Å². The van der Waals surface area contributed by atoms with Crippen LogP contribution in [0.2, 0.25) is 0 Å². The van der Waals surface area contributed by atoms with E-state index in [1.165, 1.54) is 103 Å². The first-order chi connectivity index (χ1) is 13.6. The Labute approximate surface area is 171 Å². The highest BCUT2D eigenvalue weighted by atomic mass is 16.5. The summed E-state index contributed by atoms with van der Waals surface area (Å²) < 4.78 is 14.1. The quantitative estimate of drug-likeness (QED) is 0.569. The molecule has 0 spiro atoms. The molecule has 0 heterocycles. The van der Waals surface area contributed by atoms with Gasteiger partial charge in [0.15, 0.2) is 0 Å². The van der Waals surface area contributed by atoms with E-state index in [0.717, 1.165) is 35.5 Å². The molecule has 9 saturated carbocycles. The predicted octanol–water partition coefficient (Wildman–Crippen LogP) is 6.27. The van der Waals surface area contributed by atoms with E-state index in [1.807, 2.05) is 0 Å². The summed E-state index contributed by atoms with van der Waals surface area (Å²) in [5.74, 6) is 5.97. The Morgan fingerprint density at radius 3 is 1.07 bits per heavy atom. The second-order valence-corrected chi connectivity index (χ2v) is 12.8. The summed E-state index contributed by atoms with van der Waals surface area (Å²) in [7, 11) is 0. The van der Waals surface area contributed by atoms with Crippen LogP contribution in [0.15, 0.2) is 0 Å². The molecule has 2 heteroatoms. The van der Waals surface area contributed by atoms with Gasteiger partial charge in [-0.2, -0.15) is 0 Å². The van der Waals surface area contributed by atoms with Crippen LogP contribution < -0.4 is 0 Å². The van der Waals surface area contributed by atoms with Crippen molar-refractivity contribution in [3.63, 3.8) is 0 Å². The fourth-order valence-corrected chi connectivity index (χ4v) is 10.4. The van der Waals surface area contributed by atoms with E-state index in [0.29, 0.717) is 12.2 Å². The SMILES string of the molecule is C1CC(OC23CC4CC(CC(C4)C2)C3)CC(OC23CC4CC(CC(C4)C2)C3)C1. The van der Waals surface area contributed by atoms with Gasteiger partial charge in [-0.15, -0.1) is 0 Å². The van der Waals surface area contributed by atoms with Crippen LogP contribution >= 0.6 is 0 Å². The summed E-state index contributed by atoms with van der Waals surface area (Å²) in [6.07, 6.45) is 23.5. The van der Waals surface area contributed by atoms with Gasteiger partial charge in [-0.05, 0) is 138 Å². The molecule has 8 bridgehead atoms. The van der Waals surface area contributed by atoms with Gasteiger partial charge in [0, 0.05) is 0 Å². The normalized spacial score (nSPS) is 59.1. The Balaban J connectivity index is 1.03. The van der Waals surface area contributed by atoms with Gasteiger partial charge >= 0.3 is 0 Å². The molecule has 28 heavy (non-hydrogen) atoms. The molecule has 9 aliphatic carbocycles. The number of rotatable bonds is 4. The molecule has 0 aliphatic heterocycles. The standard InChI is InChI=1S/C26H40O2/c1-2-23(27-25-11-17-4-18(12-25)6-19(5-17)13-25)10-24(3-1)28-26-14-20-7-21(15-26)9-22(8-20)16-26/h17-24H,1-16H2. The van der Waals surface area contributed by atoms with E-state index in [-0.39, 0.29) is 11.2 Å². The maximum atomic E-state index is 7.06. The Bertz CT molecular complexity index is 501. The van der Waals surface area contributed by atoms with Gasteiger partial charge < -0.3 is 9.47 Å². The number of hydrogen-bond acceptors (Lipinski definition) is 2. The highest BCUT2D eigenvalue weighted by molar-refractivity contribution is 5.05. The zero-order valence-electron chi connectivity index (χ0n) is 17.7. The van der Waals surface area contributed by atoms with Gasteiger partial charge in [0.25, 0.3) is 0 Å². The fourth-order valence-electron chi connectivity index (χ4n) is 10.4. The molecular formula is C26H40O2. The first kappa shape index (κ1) is 17.6. The Kier molecular flexibility index (Phi) is 3.91. The van der Waals surface area contributed by atoms with Crippen LogP contribution in [0.25, 0.3) is 0 Å². The highest BCUT2D eigenvalue weighted by Crippen LogP contribution is 2.59. The lowest BCUT2D eigenvalue weighted by atomic mass is 9.54. The summed E-state index contributed by atoms with van der Waals surface area (Å²) in [4.78, 5) is 0. The van der Waals surface area contributed by atoms with Crippen LogP contribution in [0.5, 0.6) is 0 Å². The monoisotopic (exact) mass is 384 g/mol. The first-order valence-electron chi connectivity index (χ1n) is 13.0. The van der Waals surface area contributed by atoms with Crippen molar-refractivity contribution in [2.45, 2.75) is 126 Å². The molecule has 9 fully saturated rings. The van der Waals surface area contributed by atoms with E-state index in [4.69, 9.17) is 9.47 Å². The van der Waals surface area contributed by atoms with Crippen LogP contribution in [0.1, 0.15) is 103 Å². The smallest absolute Gasteiger partial charge is 0.0694 e. The molecule has 2 unspecified atom stereocenters. The van der Waals surface area contributed by atoms with Crippen LogP contribution in [0, 0.1) is 35.5 Å². The molecule has 9 rings (SSSR count). The summed E-state index contributed by atoms with van der Waals surface area (Å²) in [6, 6.07) is 0. The molecule has 0 N–H and O–H groups in total. The van der Waals surface area contributed by atoms with E-state index in [2.05, 4.69) is 0 Å². The van der Waals surface area contributed by atoms with E-state index < -0.39 is 0 Å². The molecule has 0 aromatic carbocycles. The van der Waals surface area contributed by atoms with Crippen molar-refractivity contribution < 1.29 is 9.47 Å². The molecule has 0 amide bonds. The van der Waals surface area contributed by atoms with Crippen molar-refractivity contribution in [1.82, 2.24) is 0 Å². The van der Waals surface area contributed by atoms with Gasteiger partial charge in [-0.3, -0.25) is 0 Å². The van der Waals surface area contributed by atoms with Crippen molar-refractivity contribution in [2.24, 2.45) is 35.5 Å². The van der Waals surface area contributed by atoms with Gasteiger partial charge in [-0.1, -0.05) is 0 Å². The van der Waals surface area contributed by atoms with Gasteiger partial charge in [-0.25, -0.2) is 0 Å². The van der Waals surface area contributed by atoms with Crippen molar-refractivity contribution in [3.8, 4) is 0 Å². The van der Waals surface area contributed by atoms with E-state index >= 15 is 0 Å². The minimum Gasteiger partial charge on any atom is -0.372 e. The predicted molar refractivity (Wildman–Crippen MR) is 110 cm³/mol. The third-order valence-electron chi connectivity index (χ3n) is 10.4. The van der Waals surface area contributed by atoms with E-state index in [1.54, 1.807) is 0 Å². The fraction of sp³-hybridized carbons (Fsp3) is 1.00. The van der Waals surface area contributed by atoms with Crippen molar-refractivity contribution in [3.05, 3.63) is 0 Å². The minimum absolute atomic E-state index is 0.280. The van der Waals surface area contributed by atoms with Crippen molar-refractivity contribution in [2.75, 3.05) is 0 Å². The van der Waals surface area contributed by atoms with Crippen LogP contribution in [-0.2, 0) is 9.47 Å². The summed E-state index contributed by atoms with van der Waals surface area (Å²) in [5, 5.41) is 0. The van der Waals surface area contributed by atoms with Crippen LogP contribution in [0.3, 0.4) is 0 Å². The summed E-state index contributed by atoms with van der Waals surface area (Å²) in [6.45, 7) is 0. The molecule has 9 aliphatic rings. The highest BCUT2D eigenvalue weighted by Gasteiger charge is 2.54. The van der Waals surface area contributed by atoms with E-state index in [9.17, 15) is 0 Å². The maximum Gasteiger partial charge on any atom is 0.0694 e. The van der Waals surface area contributed by atoms with Crippen LogP contribution in [-0.4, -0.2) is 23.4 Å². The largest absolute Gasteiger partial charge is 0.372 e. The Morgan fingerprint density at radius 1 is 0.429 bits per heavy atom. The molecule has 0 aromatic heterocycles. The average Bonchev–Trinajstić information content (AvgIpc) is 2.58. The molecule has 2 atom stereocenters. The molecule has 2 nitrogen and oxygen atoms in total. The zero-order valence-corrected chi connectivity index (χ0v) is 17.7. The maximum absolute atomic E-state index is 7.06. The van der Waals surface area contributed by atoms with Crippen molar-refractivity contribution >= 4 is 0 Å². The lowest BCUT2D eigenvalue weighted by Gasteiger charge is -2.58. The van der Waals surface area contributed by atoms with Gasteiger partial charge in [0.2, 0.25) is 0 Å². The lowest BCUT2D eigenvalue weighted by Crippen LogP contribution is -2.55. The Hall–Kier alpha value is -0.0800. The van der Waals surface area contributed by atoms with Crippen molar-refractivity contribution in [1.29, 1.82) is 0 Å². The number of hydrogen-bond donors (Lipinski definition) is 0. The molecule has 0 saturated heterocycles. The molecule has 0 aromatic rings. The third-order valence-corrected chi connectivity index (χ3v) is 10.4. The topological polar surface area (TPSA) is 18.5 Å².